The van der Waals surface area contributed by atoms with Gasteiger partial charge in [-0.25, -0.2) is 18.0 Å². The first kappa shape index (κ1) is 14.6. The average molecular weight is 311 g/mol. The molecule has 1 aromatic carbocycles. The highest BCUT2D eigenvalue weighted by Gasteiger charge is 2.41. The smallest absolute Gasteiger partial charge is 0.341 e. The number of alkyl halides is 1. The lowest BCUT2D eigenvalue weighted by atomic mass is 10.0. The fourth-order valence-corrected chi connectivity index (χ4v) is 2.72. The summed E-state index contributed by atoms with van der Waals surface area (Å²) < 4.78 is 43.0. The zero-order valence-electron chi connectivity index (χ0n) is 11.8. The Labute approximate surface area is 122 Å². The van der Waals surface area contributed by atoms with Gasteiger partial charge in [0.2, 0.25) is 5.43 Å². The Balaban J connectivity index is 2.56. The predicted molar refractivity (Wildman–Crippen MR) is 73.1 cm³/mol. The molecule has 0 amide bonds. The van der Waals surface area contributed by atoms with Crippen LogP contribution in [-0.4, -0.2) is 21.8 Å². The Morgan fingerprint density at radius 3 is 2.36 bits per heavy atom. The minimum atomic E-state index is -1.52. The Hall–Kier alpha value is -2.31. The normalized spacial score (nSPS) is 20.4. The summed E-state index contributed by atoms with van der Waals surface area (Å²) in [6.45, 7) is 2.50. The summed E-state index contributed by atoms with van der Waals surface area (Å²) in [6, 6.07) is -0.736. The van der Waals surface area contributed by atoms with Crippen molar-refractivity contribution in [1.29, 1.82) is 0 Å². The van der Waals surface area contributed by atoms with Crippen LogP contribution in [0, 0.1) is 25.5 Å². The first-order chi connectivity index (χ1) is 10.3. The molecule has 2 aromatic rings. The lowest BCUT2D eigenvalue weighted by Crippen LogP contribution is -2.21. The molecule has 0 bridgehead atoms. The highest BCUT2D eigenvalue weighted by atomic mass is 19.1. The summed E-state index contributed by atoms with van der Waals surface area (Å²) in [7, 11) is 0. The van der Waals surface area contributed by atoms with Gasteiger partial charge in [-0.1, -0.05) is 0 Å². The SMILES string of the molecule is Cc1c(F)c(C)c2c(=O)c(C(=O)O)cn([C@@H]3C[C@@H]3F)c2c1F. The van der Waals surface area contributed by atoms with E-state index in [4.69, 9.17) is 5.11 Å². The van der Waals surface area contributed by atoms with E-state index in [-0.39, 0.29) is 28.5 Å². The van der Waals surface area contributed by atoms with Gasteiger partial charge in [0.05, 0.1) is 16.9 Å². The maximum absolute atomic E-state index is 14.5. The summed E-state index contributed by atoms with van der Waals surface area (Å²) >= 11 is 0. The van der Waals surface area contributed by atoms with Crippen molar-refractivity contribution in [2.75, 3.05) is 0 Å². The van der Waals surface area contributed by atoms with Crippen molar-refractivity contribution in [1.82, 2.24) is 4.57 Å². The monoisotopic (exact) mass is 311 g/mol. The van der Waals surface area contributed by atoms with E-state index < -0.39 is 40.8 Å². The number of halogens is 3. The predicted octanol–water partition coefficient (Wildman–Crippen LogP) is 2.88. The van der Waals surface area contributed by atoms with Gasteiger partial charge in [0, 0.05) is 18.2 Å². The Kier molecular flexibility index (Phi) is 3.05. The van der Waals surface area contributed by atoms with Gasteiger partial charge in [0.1, 0.15) is 17.6 Å². The zero-order valence-corrected chi connectivity index (χ0v) is 11.8. The molecule has 0 aliphatic heterocycles. The number of hydrogen-bond donors (Lipinski definition) is 1. The summed E-state index contributed by atoms with van der Waals surface area (Å²) in [5.74, 6) is -3.38. The van der Waals surface area contributed by atoms with Gasteiger partial charge in [-0.3, -0.25) is 4.79 Å². The highest BCUT2D eigenvalue weighted by Crippen LogP contribution is 2.41. The fourth-order valence-electron chi connectivity index (χ4n) is 2.72. The van der Waals surface area contributed by atoms with E-state index in [0.29, 0.717) is 0 Å². The third kappa shape index (κ3) is 1.84. The number of hydrogen-bond acceptors (Lipinski definition) is 2. The number of carboxylic acids is 1. The molecule has 0 radical (unpaired) electrons. The summed E-state index contributed by atoms with van der Waals surface area (Å²) in [5, 5.41) is 8.76. The molecule has 22 heavy (non-hydrogen) atoms. The van der Waals surface area contributed by atoms with Crippen molar-refractivity contribution in [3.8, 4) is 0 Å². The molecule has 1 aliphatic rings. The molecule has 7 heteroatoms. The molecule has 116 valence electrons. The third-order valence-corrected chi connectivity index (χ3v) is 4.07. The molecule has 0 unspecified atom stereocenters. The molecular formula is C15H12F3NO3. The molecule has 3 rings (SSSR count). The second kappa shape index (κ2) is 4.59. The van der Waals surface area contributed by atoms with Gasteiger partial charge >= 0.3 is 5.97 Å². The highest BCUT2D eigenvalue weighted by molar-refractivity contribution is 5.94. The number of pyridine rings is 1. The van der Waals surface area contributed by atoms with E-state index in [2.05, 4.69) is 0 Å². The molecule has 1 N–H and O–H groups in total. The van der Waals surface area contributed by atoms with Gasteiger partial charge in [-0.2, -0.15) is 0 Å². The van der Waals surface area contributed by atoms with Crippen molar-refractivity contribution in [3.05, 3.63) is 44.7 Å². The van der Waals surface area contributed by atoms with Crippen LogP contribution in [0.3, 0.4) is 0 Å². The number of nitrogens with zero attached hydrogens (tertiary/aromatic N) is 1. The van der Waals surface area contributed by atoms with E-state index in [1.54, 1.807) is 0 Å². The zero-order chi connectivity index (χ0) is 16.3. The first-order valence-corrected chi connectivity index (χ1v) is 6.66. The third-order valence-electron chi connectivity index (χ3n) is 4.07. The lowest BCUT2D eigenvalue weighted by molar-refractivity contribution is 0.0694. The standard InChI is InChI=1S/C15H12F3NO3/c1-5-10-13(12(18)6(2)11(5)17)19(9-3-8(9)16)4-7(14(10)20)15(21)22/h4,8-9H,3H2,1-2H3,(H,21,22)/t8-,9+/m0/s1. The van der Waals surface area contributed by atoms with Gasteiger partial charge in [0.15, 0.2) is 5.82 Å². The van der Waals surface area contributed by atoms with Crippen LogP contribution >= 0.6 is 0 Å². The van der Waals surface area contributed by atoms with Crippen molar-refractivity contribution in [3.63, 3.8) is 0 Å². The minimum Gasteiger partial charge on any atom is -0.477 e. The number of benzene rings is 1. The molecule has 0 spiro atoms. The molecule has 2 atom stereocenters. The summed E-state index contributed by atoms with van der Waals surface area (Å²) in [5.41, 5.74) is -2.25. The van der Waals surface area contributed by atoms with Crippen molar-refractivity contribution < 1.29 is 23.1 Å². The van der Waals surface area contributed by atoms with E-state index >= 15 is 0 Å². The van der Waals surface area contributed by atoms with Crippen molar-refractivity contribution in [2.24, 2.45) is 0 Å². The van der Waals surface area contributed by atoms with E-state index in [1.807, 2.05) is 0 Å². The van der Waals surface area contributed by atoms with Crippen LogP contribution in [0.25, 0.3) is 10.9 Å². The average Bonchev–Trinajstić information content (AvgIpc) is 3.18. The van der Waals surface area contributed by atoms with Gasteiger partial charge in [0.25, 0.3) is 0 Å². The second-order valence-corrected chi connectivity index (χ2v) is 5.50. The molecule has 1 aromatic heterocycles. The Bertz CT molecular complexity index is 888. The molecule has 0 saturated heterocycles. The number of rotatable bonds is 2. The number of fused-ring (bicyclic) bond motifs is 1. The maximum Gasteiger partial charge on any atom is 0.341 e. The number of carboxylic acid groups (broad SMARTS) is 1. The minimum absolute atomic E-state index is 0.103. The molecular weight excluding hydrogens is 299 g/mol. The Morgan fingerprint density at radius 2 is 1.86 bits per heavy atom. The second-order valence-electron chi connectivity index (χ2n) is 5.50. The van der Waals surface area contributed by atoms with Crippen LogP contribution in [-0.2, 0) is 0 Å². The quantitative estimate of drug-likeness (QED) is 0.928. The lowest BCUT2D eigenvalue weighted by Gasteiger charge is -2.16. The topological polar surface area (TPSA) is 59.3 Å². The van der Waals surface area contributed by atoms with Crippen LogP contribution in [0.1, 0.15) is 33.9 Å². The van der Waals surface area contributed by atoms with Crippen LogP contribution in [0.2, 0.25) is 0 Å². The van der Waals surface area contributed by atoms with Crippen LogP contribution in [0.4, 0.5) is 13.2 Å². The van der Waals surface area contributed by atoms with Gasteiger partial charge in [-0.05, 0) is 19.4 Å². The summed E-state index contributed by atoms with van der Waals surface area (Å²) in [4.78, 5) is 23.5. The van der Waals surface area contributed by atoms with Gasteiger partial charge in [-0.15, -0.1) is 0 Å². The number of aromatic carboxylic acids is 1. The first-order valence-electron chi connectivity index (χ1n) is 6.66. The van der Waals surface area contributed by atoms with Crippen molar-refractivity contribution >= 4 is 16.9 Å². The van der Waals surface area contributed by atoms with Crippen LogP contribution in [0.15, 0.2) is 11.0 Å². The number of aromatic nitrogens is 1. The van der Waals surface area contributed by atoms with E-state index in [0.717, 1.165) is 10.8 Å². The van der Waals surface area contributed by atoms with Crippen LogP contribution < -0.4 is 5.43 Å². The number of aryl methyl sites for hydroxylation is 1. The summed E-state index contributed by atoms with van der Waals surface area (Å²) in [6.07, 6.45) is -0.194. The van der Waals surface area contributed by atoms with Crippen LogP contribution in [0.5, 0.6) is 0 Å². The van der Waals surface area contributed by atoms with Crippen molar-refractivity contribution in [2.45, 2.75) is 32.5 Å². The van der Waals surface area contributed by atoms with E-state index in [9.17, 15) is 22.8 Å². The fraction of sp³-hybridized carbons (Fsp3) is 0.333. The molecule has 1 fully saturated rings. The number of carbonyl (C=O) groups is 1. The maximum atomic E-state index is 14.5. The van der Waals surface area contributed by atoms with E-state index in [1.165, 1.54) is 13.8 Å². The molecule has 4 nitrogen and oxygen atoms in total. The molecule has 1 aliphatic carbocycles. The molecule has 1 saturated carbocycles. The van der Waals surface area contributed by atoms with Gasteiger partial charge < -0.3 is 9.67 Å². The largest absolute Gasteiger partial charge is 0.477 e. The Morgan fingerprint density at radius 1 is 1.27 bits per heavy atom. The molecule has 1 heterocycles.